The zero-order valence-corrected chi connectivity index (χ0v) is 13.8. The predicted molar refractivity (Wildman–Crippen MR) is 88.2 cm³/mol. The van der Waals surface area contributed by atoms with Gasteiger partial charge in [-0.05, 0) is 44.7 Å². The Hall–Kier alpha value is -0.810. The van der Waals surface area contributed by atoms with Crippen molar-refractivity contribution in [1.29, 1.82) is 0 Å². The Labute approximate surface area is 133 Å². The minimum absolute atomic E-state index is 0.243. The van der Waals surface area contributed by atoms with E-state index in [2.05, 4.69) is 24.1 Å². The van der Waals surface area contributed by atoms with Crippen LogP contribution in [0.15, 0.2) is 24.3 Å². The zero-order valence-electron chi connectivity index (χ0n) is 13.0. The van der Waals surface area contributed by atoms with Gasteiger partial charge in [0.05, 0.1) is 5.02 Å². The number of aliphatic hydroxyl groups is 1. The molecule has 1 aromatic carbocycles. The number of benzene rings is 1. The molecule has 5 heteroatoms. The summed E-state index contributed by atoms with van der Waals surface area (Å²) in [6.45, 7) is 9.29. The summed E-state index contributed by atoms with van der Waals surface area (Å²) in [4.78, 5) is 2.39. The fourth-order valence-corrected chi connectivity index (χ4v) is 2.23. The number of aliphatic hydroxyl groups excluding tert-OH is 1. The van der Waals surface area contributed by atoms with Crippen LogP contribution in [0.2, 0.25) is 5.02 Å². The molecular weight excluding hydrogens is 288 g/mol. The lowest BCUT2D eigenvalue weighted by Crippen LogP contribution is -2.33. The molecule has 1 aromatic rings. The maximum absolute atomic E-state index is 9.86. The molecule has 0 aromatic heterocycles. The summed E-state index contributed by atoms with van der Waals surface area (Å²) in [6.07, 6.45) is 0.550. The Kier molecular flexibility index (Phi) is 9.42. The summed E-state index contributed by atoms with van der Waals surface area (Å²) in [5.74, 6) is 0.611. The third-order valence-corrected chi connectivity index (χ3v) is 3.68. The number of halogens is 1. The van der Waals surface area contributed by atoms with E-state index in [-0.39, 0.29) is 6.61 Å². The summed E-state index contributed by atoms with van der Waals surface area (Å²) in [5.41, 5.74) is 0. The molecule has 0 saturated heterocycles. The molecule has 0 amide bonds. The Morgan fingerprint density at radius 2 is 2.00 bits per heavy atom. The molecule has 0 bridgehead atoms. The van der Waals surface area contributed by atoms with E-state index in [4.69, 9.17) is 16.3 Å². The molecule has 0 spiro atoms. The summed E-state index contributed by atoms with van der Waals surface area (Å²) >= 11 is 5.98. The lowest BCUT2D eigenvalue weighted by atomic mass is 10.3. The SMILES string of the molecule is CCN(CC)CCCNCC(O)COc1ccccc1Cl. The molecule has 0 aliphatic carbocycles. The maximum Gasteiger partial charge on any atom is 0.138 e. The number of ether oxygens (including phenoxy) is 1. The van der Waals surface area contributed by atoms with E-state index in [1.165, 1.54) is 0 Å². The fourth-order valence-electron chi connectivity index (χ4n) is 2.04. The summed E-state index contributed by atoms with van der Waals surface area (Å²) in [5, 5.41) is 13.7. The zero-order chi connectivity index (χ0) is 15.5. The van der Waals surface area contributed by atoms with Gasteiger partial charge >= 0.3 is 0 Å². The van der Waals surface area contributed by atoms with Crippen LogP contribution in [0.4, 0.5) is 0 Å². The second-order valence-corrected chi connectivity index (χ2v) is 5.39. The monoisotopic (exact) mass is 314 g/mol. The van der Waals surface area contributed by atoms with Gasteiger partial charge in [0.25, 0.3) is 0 Å². The quantitative estimate of drug-likeness (QED) is 0.616. The van der Waals surface area contributed by atoms with Crippen LogP contribution in [0.5, 0.6) is 5.75 Å². The van der Waals surface area contributed by atoms with E-state index < -0.39 is 6.10 Å². The van der Waals surface area contributed by atoms with Crippen LogP contribution in [-0.4, -0.2) is 55.4 Å². The van der Waals surface area contributed by atoms with Crippen LogP contribution in [0.1, 0.15) is 20.3 Å². The van der Waals surface area contributed by atoms with E-state index in [9.17, 15) is 5.11 Å². The molecular formula is C16H27ClN2O2. The van der Waals surface area contributed by atoms with E-state index in [0.717, 1.165) is 32.6 Å². The van der Waals surface area contributed by atoms with Gasteiger partial charge in [-0.3, -0.25) is 0 Å². The first kappa shape index (κ1) is 18.2. The largest absolute Gasteiger partial charge is 0.489 e. The highest BCUT2D eigenvalue weighted by atomic mass is 35.5. The minimum atomic E-state index is -0.533. The number of nitrogens with zero attached hydrogens (tertiary/aromatic N) is 1. The van der Waals surface area contributed by atoms with E-state index in [1.807, 2.05) is 12.1 Å². The van der Waals surface area contributed by atoms with Crippen LogP contribution in [0.25, 0.3) is 0 Å². The molecule has 2 N–H and O–H groups in total. The number of para-hydroxylation sites is 1. The third-order valence-electron chi connectivity index (χ3n) is 3.37. The van der Waals surface area contributed by atoms with E-state index in [0.29, 0.717) is 17.3 Å². The third kappa shape index (κ3) is 7.67. The Morgan fingerprint density at radius 1 is 1.29 bits per heavy atom. The highest BCUT2D eigenvalue weighted by molar-refractivity contribution is 6.32. The standard InChI is InChI=1S/C16H27ClN2O2/c1-3-19(4-2)11-7-10-18-12-14(20)13-21-16-9-6-5-8-15(16)17/h5-6,8-9,14,18,20H,3-4,7,10-13H2,1-2H3. The first-order chi connectivity index (χ1) is 10.2. The first-order valence-corrected chi connectivity index (χ1v) is 8.03. The van der Waals surface area contributed by atoms with Crippen molar-refractivity contribution >= 4 is 11.6 Å². The van der Waals surface area contributed by atoms with Crippen LogP contribution < -0.4 is 10.1 Å². The maximum atomic E-state index is 9.86. The van der Waals surface area contributed by atoms with Gasteiger partial charge in [0.15, 0.2) is 0 Å². The smallest absolute Gasteiger partial charge is 0.138 e. The molecule has 0 saturated carbocycles. The topological polar surface area (TPSA) is 44.7 Å². The van der Waals surface area contributed by atoms with Gasteiger partial charge < -0.3 is 20.1 Å². The fraction of sp³-hybridized carbons (Fsp3) is 0.625. The molecule has 0 aliphatic rings. The molecule has 0 fully saturated rings. The lowest BCUT2D eigenvalue weighted by molar-refractivity contribution is 0.106. The second-order valence-electron chi connectivity index (χ2n) is 4.98. The van der Waals surface area contributed by atoms with Gasteiger partial charge in [-0.15, -0.1) is 0 Å². The minimum Gasteiger partial charge on any atom is -0.489 e. The number of hydrogen-bond acceptors (Lipinski definition) is 4. The molecule has 0 aliphatic heterocycles. The Balaban J connectivity index is 2.09. The lowest BCUT2D eigenvalue weighted by Gasteiger charge is -2.18. The van der Waals surface area contributed by atoms with Gasteiger partial charge in [0, 0.05) is 6.54 Å². The van der Waals surface area contributed by atoms with Crippen LogP contribution >= 0.6 is 11.6 Å². The van der Waals surface area contributed by atoms with Crippen LogP contribution in [-0.2, 0) is 0 Å². The van der Waals surface area contributed by atoms with Crippen molar-refractivity contribution in [1.82, 2.24) is 10.2 Å². The molecule has 4 nitrogen and oxygen atoms in total. The highest BCUT2D eigenvalue weighted by Crippen LogP contribution is 2.22. The normalized spacial score (nSPS) is 12.6. The Morgan fingerprint density at radius 3 is 2.67 bits per heavy atom. The molecule has 1 atom stereocenters. The van der Waals surface area contributed by atoms with Gasteiger partial charge in [-0.1, -0.05) is 37.6 Å². The van der Waals surface area contributed by atoms with Crippen molar-refractivity contribution in [3.8, 4) is 5.75 Å². The summed E-state index contributed by atoms with van der Waals surface area (Å²) in [6, 6.07) is 7.28. The van der Waals surface area contributed by atoms with Crippen molar-refractivity contribution in [2.45, 2.75) is 26.4 Å². The number of hydrogen-bond donors (Lipinski definition) is 2. The average molecular weight is 315 g/mol. The van der Waals surface area contributed by atoms with Gasteiger partial charge in [0.2, 0.25) is 0 Å². The van der Waals surface area contributed by atoms with Gasteiger partial charge in [-0.25, -0.2) is 0 Å². The first-order valence-electron chi connectivity index (χ1n) is 7.65. The highest BCUT2D eigenvalue weighted by Gasteiger charge is 2.07. The van der Waals surface area contributed by atoms with Crippen molar-refractivity contribution in [2.24, 2.45) is 0 Å². The van der Waals surface area contributed by atoms with E-state index >= 15 is 0 Å². The summed E-state index contributed by atoms with van der Waals surface area (Å²) < 4.78 is 5.50. The van der Waals surface area contributed by atoms with E-state index in [1.54, 1.807) is 12.1 Å². The second kappa shape index (κ2) is 10.9. The number of rotatable bonds is 11. The predicted octanol–water partition coefficient (Wildman–Crippen LogP) is 2.40. The molecule has 0 radical (unpaired) electrons. The number of nitrogens with one attached hydrogen (secondary N) is 1. The molecule has 0 heterocycles. The van der Waals surface area contributed by atoms with Gasteiger partial charge in [-0.2, -0.15) is 0 Å². The Bertz CT molecular complexity index is 386. The molecule has 120 valence electrons. The molecule has 21 heavy (non-hydrogen) atoms. The summed E-state index contributed by atoms with van der Waals surface area (Å²) in [7, 11) is 0. The van der Waals surface area contributed by atoms with Crippen molar-refractivity contribution < 1.29 is 9.84 Å². The van der Waals surface area contributed by atoms with Crippen molar-refractivity contribution in [2.75, 3.05) is 39.3 Å². The van der Waals surface area contributed by atoms with Crippen molar-refractivity contribution in [3.63, 3.8) is 0 Å². The molecule has 1 rings (SSSR count). The average Bonchev–Trinajstić information content (AvgIpc) is 2.50. The molecule has 1 unspecified atom stereocenters. The van der Waals surface area contributed by atoms with Crippen LogP contribution in [0, 0.1) is 0 Å². The van der Waals surface area contributed by atoms with Crippen molar-refractivity contribution in [3.05, 3.63) is 29.3 Å². The van der Waals surface area contributed by atoms with Gasteiger partial charge in [0.1, 0.15) is 18.5 Å². The van der Waals surface area contributed by atoms with Crippen LogP contribution in [0.3, 0.4) is 0 Å².